The van der Waals surface area contributed by atoms with Gasteiger partial charge >= 0.3 is 0 Å². The molecule has 5 heteroatoms. The van der Waals surface area contributed by atoms with E-state index in [0.717, 1.165) is 12.0 Å². The molecule has 0 aromatic heterocycles. The number of carbonyl (C=O) groups is 3. The predicted molar refractivity (Wildman–Crippen MR) is 142 cm³/mol. The molecule has 0 spiro atoms. The number of rotatable bonds is 8. The van der Waals surface area contributed by atoms with Gasteiger partial charge in [-0.2, -0.15) is 0 Å². The molecule has 0 N–H and O–H groups in total. The highest BCUT2D eigenvalue weighted by Gasteiger charge is 2.45. The molecule has 0 bridgehead atoms. The van der Waals surface area contributed by atoms with Crippen LogP contribution in [-0.4, -0.2) is 61.0 Å². The Balaban J connectivity index is 1.82. The van der Waals surface area contributed by atoms with Gasteiger partial charge in [0.25, 0.3) is 0 Å². The first-order valence-electron chi connectivity index (χ1n) is 12.6. The lowest BCUT2D eigenvalue weighted by Crippen LogP contribution is -2.52. The van der Waals surface area contributed by atoms with Gasteiger partial charge < -0.3 is 4.90 Å². The lowest BCUT2D eigenvalue weighted by molar-refractivity contribution is -0.130. The maximum absolute atomic E-state index is 14.0. The third kappa shape index (κ3) is 5.63. The van der Waals surface area contributed by atoms with E-state index in [2.05, 4.69) is 19.1 Å². The van der Waals surface area contributed by atoms with Crippen LogP contribution in [0, 0.1) is 11.8 Å². The Morgan fingerprint density at radius 3 is 1.78 bits per heavy atom. The van der Waals surface area contributed by atoms with Gasteiger partial charge in [0.15, 0.2) is 11.6 Å². The Labute approximate surface area is 213 Å². The maximum atomic E-state index is 14.0. The highest BCUT2D eigenvalue weighted by atomic mass is 16.2. The van der Waals surface area contributed by atoms with Gasteiger partial charge in [-0.3, -0.25) is 19.3 Å². The van der Waals surface area contributed by atoms with Crippen molar-refractivity contribution in [2.75, 3.05) is 33.7 Å². The van der Waals surface area contributed by atoms with Crippen LogP contribution in [0.2, 0.25) is 0 Å². The van der Waals surface area contributed by atoms with E-state index in [1.54, 1.807) is 19.0 Å². The fourth-order valence-corrected chi connectivity index (χ4v) is 5.21. The third-order valence-corrected chi connectivity index (χ3v) is 7.17. The van der Waals surface area contributed by atoms with Crippen LogP contribution < -0.4 is 0 Å². The fraction of sp³-hybridized carbons (Fsp3) is 0.323. The largest absolute Gasteiger partial charge is 0.348 e. The number of piperidine rings is 1. The molecule has 1 aliphatic rings. The van der Waals surface area contributed by atoms with Crippen LogP contribution in [-0.2, 0) is 11.2 Å². The van der Waals surface area contributed by atoms with Crippen molar-refractivity contribution in [3.63, 3.8) is 0 Å². The fourth-order valence-electron chi connectivity index (χ4n) is 5.21. The Kier molecular flexibility index (Phi) is 8.11. The van der Waals surface area contributed by atoms with Crippen LogP contribution in [0.5, 0.6) is 0 Å². The molecule has 186 valence electrons. The molecule has 1 fully saturated rings. The van der Waals surface area contributed by atoms with Gasteiger partial charge in [0.2, 0.25) is 5.91 Å². The number of benzene rings is 3. The molecule has 0 aliphatic carbocycles. The Morgan fingerprint density at radius 2 is 1.31 bits per heavy atom. The van der Waals surface area contributed by atoms with Gasteiger partial charge in [-0.05, 0) is 17.5 Å². The molecule has 1 saturated heterocycles. The summed E-state index contributed by atoms with van der Waals surface area (Å²) in [6.45, 7) is 3.12. The number of likely N-dealkylation sites (N-methyl/N-ethyl adjacent to an activating group) is 1. The van der Waals surface area contributed by atoms with Gasteiger partial charge in [-0.25, -0.2) is 0 Å². The lowest BCUT2D eigenvalue weighted by atomic mass is 9.68. The lowest BCUT2D eigenvalue weighted by Gasteiger charge is -2.43. The summed E-state index contributed by atoms with van der Waals surface area (Å²) in [5, 5.41) is 0. The van der Waals surface area contributed by atoms with Gasteiger partial charge in [0, 0.05) is 56.1 Å². The molecule has 36 heavy (non-hydrogen) atoms. The quantitative estimate of drug-likeness (QED) is 0.436. The van der Waals surface area contributed by atoms with Crippen LogP contribution in [0.3, 0.4) is 0 Å². The summed E-state index contributed by atoms with van der Waals surface area (Å²) in [5.41, 5.74) is 3.45. The summed E-state index contributed by atoms with van der Waals surface area (Å²) >= 11 is 0. The molecular weight excluding hydrogens is 448 g/mol. The first-order chi connectivity index (χ1) is 17.4. The Hall–Kier alpha value is -3.57. The van der Waals surface area contributed by atoms with Crippen molar-refractivity contribution in [1.29, 1.82) is 0 Å². The van der Waals surface area contributed by atoms with E-state index in [9.17, 15) is 14.4 Å². The van der Waals surface area contributed by atoms with Gasteiger partial charge in [-0.15, -0.1) is 0 Å². The molecule has 5 nitrogen and oxygen atoms in total. The maximum Gasteiger partial charge on any atom is 0.236 e. The number of ketones is 2. The number of nitrogens with zero attached hydrogens (tertiary/aromatic N) is 2. The molecule has 0 radical (unpaired) electrons. The number of hydrogen-bond donors (Lipinski definition) is 0. The van der Waals surface area contributed by atoms with Crippen LogP contribution >= 0.6 is 0 Å². The minimum atomic E-state index is -0.458. The normalized spacial score (nSPS) is 20.0. The molecule has 3 aromatic rings. The van der Waals surface area contributed by atoms with Crippen molar-refractivity contribution >= 4 is 17.5 Å². The van der Waals surface area contributed by atoms with Crippen LogP contribution in [0.15, 0.2) is 84.9 Å². The Bertz CT molecular complexity index is 1150. The molecular formula is C31H34N2O3. The zero-order valence-corrected chi connectivity index (χ0v) is 21.3. The number of hydrogen-bond acceptors (Lipinski definition) is 4. The van der Waals surface area contributed by atoms with Crippen molar-refractivity contribution in [3.05, 3.63) is 107 Å². The second kappa shape index (κ2) is 11.4. The van der Waals surface area contributed by atoms with Crippen molar-refractivity contribution in [2.45, 2.75) is 19.3 Å². The molecule has 2 atom stereocenters. The van der Waals surface area contributed by atoms with Crippen molar-refractivity contribution in [1.82, 2.24) is 9.80 Å². The summed E-state index contributed by atoms with van der Waals surface area (Å²) in [5.74, 6) is -1.23. The van der Waals surface area contributed by atoms with Crippen LogP contribution in [0.1, 0.15) is 44.7 Å². The minimum absolute atomic E-state index is 0.00960. The highest BCUT2D eigenvalue weighted by molar-refractivity contribution is 6.02. The molecule has 1 amide bonds. The monoisotopic (exact) mass is 482 g/mol. The molecule has 3 aromatic carbocycles. The summed E-state index contributed by atoms with van der Waals surface area (Å²) in [6.07, 6.45) is 0.874. The van der Waals surface area contributed by atoms with E-state index < -0.39 is 11.8 Å². The average Bonchev–Trinajstić information content (AvgIpc) is 2.92. The standard InChI is InChI=1S/C31H34N2O3/c1-4-22-12-11-17-25(18-22)29-26(30(35)23-13-7-5-8-14-23)19-33(21-28(34)32(2)3)20-27(29)31(36)24-15-9-6-10-16-24/h5-18,26-27,29H,4,19-21H2,1-3H3. The molecule has 1 aliphatic heterocycles. The number of amides is 1. The molecule has 0 saturated carbocycles. The van der Waals surface area contributed by atoms with Crippen LogP contribution in [0.25, 0.3) is 0 Å². The smallest absolute Gasteiger partial charge is 0.236 e. The predicted octanol–water partition coefficient (Wildman–Crippen LogP) is 4.73. The van der Waals surface area contributed by atoms with Crippen LogP contribution in [0.4, 0.5) is 0 Å². The van der Waals surface area contributed by atoms with Crippen molar-refractivity contribution in [3.8, 4) is 0 Å². The number of likely N-dealkylation sites (tertiary alicyclic amines) is 1. The van der Waals surface area contributed by atoms with E-state index in [1.165, 1.54) is 5.56 Å². The number of Topliss-reactive ketones (excluding diaryl/α,β-unsaturated/α-hetero) is 2. The number of aryl methyl sites for hydroxylation is 1. The summed E-state index contributed by atoms with van der Waals surface area (Å²) < 4.78 is 0. The van der Waals surface area contributed by atoms with Gasteiger partial charge in [0.05, 0.1) is 6.54 Å². The molecule has 1 heterocycles. The van der Waals surface area contributed by atoms with E-state index in [1.807, 2.05) is 77.7 Å². The van der Waals surface area contributed by atoms with Crippen molar-refractivity contribution in [2.24, 2.45) is 11.8 Å². The summed E-state index contributed by atoms with van der Waals surface area (Å²) in [4.78, 5) is 44.1. The first-order valence-corrected chi connectivity index (χ1v) is 12.6. The molecule has 2 unspecified atom stereocenters. The first kappa shape index (κ1) is 25.5. The van der Waals surface area contributed by atoms with E-state index in [4.69, 9.17) is 0 Å². The second-order valence-electron chi connectivity index (χ2n) is 9.78. The van der Waals surface area contributed by atoms with E-state index >= 15 is 0 Å². The third-order valence-electron chi connectivity index (χ3n) is 7.17. The van der Waals surface area contributed by atoms with Gasteiger partial charge in [0.1, 0.15) is 0 Å². The topological polar surface area (TPSA) is 57.7 Å². The minimum Gasteiger partial charge on any atom is -0.348 e. The van der Waals surface area contributed by atoms with Gasteiger partial charge in [-0.1, -0.05) is 91.9 Å². The Morgan fingerprint density at radius 1 is 0.778 bits per heavy atom. The SMILES string of the molecule is CCc1cccc(C2C(C(=O)c3ccccc3)CN(CC(=O)N(C)C)CC2C(=O)c2ccccc2)c1. The average molecular weight is 483 g/mol. The second-order valence-corrected chi connectivity index (χ2v) is 9.78. The summed E-state index contributed by atoms with van der Waals surface area (Å²) in [6, 6.07) is 26.9. The zero-order chi connectivity index (χ0) is 25.7. The van der Waals surface area contributed by atoms with Crippen molar-refractivity contribution < 1.29 is 14.4 Å². The van der Waals surface area contributed by atoms with E-state index in [-0.39, 0.29) is 29.9 Å². The molecule has 4 rings (SSSR count). The number of carbonyl (C=O) groups excluding carboxylic acids is 3. The highest BCUT2D eigenvalue weighted by Crippen LogP contribution is 2.41. The summed E-state index contributed by atoms with van der Waals surface area (Å²) in [7, 11) is 3.45. The van der Waals surface area contributed by atoms with E-state index in [0.29, 0.717) is 24.2 Å². The zero-order valence-electron chi connectivity index (χ0n) is 21.3.